The van der Waals surface area contributed by atoms with Gasteiger partial charge in [-0.15, -0.1) is 0 Å². The van der Waals surface area contributed by atoms with E-state index in [-0.39, 0.29) is 5.03 Å². The summed E-state index contributed by atoms with van der Waals surface area (Å²) in [6, 6.07) is 1.21. The SMILES string of the molecule is Cc1nccc(S(=O)(=O)CCS(N)(=O)=O)n1. The van der Waals surface area contributed by atoms with Gasteiger partial charge < -0.3 is 0 Å². The second kappa shape index (κ2) is 4.44. The quantitative estimate of drug-likeness (QED) is 0.686. The Balaban J connectivity index is 2.95. The lowest BCUT2D eigenvalue weighted by Crippen LogP contribution is -2.23. The first-order valence-corrected chi connectivity index (χ1v) is 7.60. The zero-order chi connectivity index (χ0) is 12.4. The first kappa shape index (κ1) is 13.0. The minimum absolute atomic E-state index is 0.191. The van der Waals surface area contributed by atoms with Gasteiger partial charge in [0.2, 0.25) is 10.0 Å². The van der Waals surface area contributed by atoms with Crippen LogP contribution in [0.4, 0.5) is 0 Å². The lowest BCUT2D eigenvalue weighted by molar-refractivity contribution is 0.585. The molecule has 0 bridgehead atoms. The van der Waals surface area contributed by atoms with Gasteiger partial charge in [0.1, 0.15) is 5.82 Å². The molecule has 2 N–H and O–H groups in total. The molecule has 1 aromatic heterocycles. The third kappa shape index (κ3) is 3.83. The summed E-state index contributed by atoms with van der Waals surface area (Å²) < 4.78 is 44.6. The highest BCUT2D eigenvalue weighted by Gasteiger charge is 2.19. The van der Waals surface area contributed by atoms with Gasteiger partial charge in [-0.25, -0.2) is 31.9 Å². The Hall–Kier alpha value is -1.06. The van der Waals surface area contributed by atoms with Crippen molar-refractivity contribution in [3.63, 3.8) is 0 Å². The van der Waals surface area contributed by atoms with Crippen LogP contribution in [0, 0.1) is 6.92 Å². The molecule has 0 atom stereocenters. The van der Waals surface area contributed by atoms with E-state index >= 15 is 0 Å². The van der Waals surface area contributed by atoms with E-state index in [9.17, 15) is 16.8 Å². The molecule has 0 saturated heterocycles. The molecule has 1 aromatic rings. The maximum absolute atomic E-state index is 11.6. The lowest BCUT2D eigenvalue weighted by Gasteiger charge is -2.02. The van der Waals surface area contributed by atoms with Gasteiger partial charge in [0.25, 0.3) is 0 Å². The average Bonchev–Trinajstić information content (AvgIpc) is 2.14. The molecule has 0 radical (unpaired) electrons. The van der Waals surface area contributed by atoms with E-state index in [1.807, 2.05) is 0 Å². The monoisotopic (exact) mass is 265 g/mol. The highest BCUT2D eigenvalue weighted by Crippen LogP contribution is 2.07. The zero-order valence-electron chi connectivity index (χ0n) is 8.49. The van der Waals surface area contributed by atoms with Gasteiger partial charge in [0, 0.05) is 6.20 Å². The van der Waals surface area contributed by atoms with Crippen LogP contribution in [0.5, 0.6) is 0 Å². The summed E-state index contributed by atoms with van der Waals surface area (Å²) >= 11 is 0. The maximum atomic E-state index is 11.6. The van der Waals surface area contributed by atoms with Crippen molar-refractivity contribution >= 4 is 19.9 Å². The van der Waals surface area contributed by atoms with Crippen molar-refractivity contribution in [2.24, 2.45) is 5.14 Å². The smallest absolute Gasteiger partial charge is 0.210 e. The fourth-order valence-electron chi connectivity index (χ4n) is 0.938. The molecular formula is C7H11N3O4S2. The molecule has 0 amide bonds. The Labute approximate surface area is 93.7 Å². The second-order valence-corrected chi connectivity index (χ2v) is 6.92. The number of hydrogen-bond acceptors (Lipinski definition) is 6. The van der Waals surface area contributed by atoms with Crippen molar-refractivity contribution in [1.82, 2.24) is 9.97 Å². The fourth-order valence-corrected chi connectivity index (χ4v) is 3.49. The molecule has 7 nitrogen and oxygen atoms in total. The molecule has 16 heavy (non-hydrogen) atoms. The zero-order valence-corrected chi connectivity index (χ0v) is 10.1. The lowest BCUT2D eigenvalue weighted by atomic mass is 10.6. The average molecular weight is 265 g/mol. The molecule has 0 aliphatic heterocycles. The van der Waals surface area contributed by atoms with Gasteiger partial charge >= 0.3 is 0 Å². The van der Waals surface area contributed by atoms with Crippen molar-refractivity contribution < 1.29 is 16.8 Å². The van der Waals surface area contributed by atoms with Crippen LogP contribution in [0.15, 0.2) is 17.3 Å². The third-order valence-electron chi connectivity index (χ3n) is 1.71. The van der Waals surface area contributed by atoms with E-state index in [0.29, 0.717) is 5.82 Å². The number of hydrogen-bond donors (Lipinski definition) is 1. The summed E-state index contributed by atoms with van der Waals surface area (Å²) in [7, 11) is -7.52. The predicted molar refractivity (Wildman–Crippen MR) is 56.8 cm³/mol. The molecule has 1 rings (SSSR count). The molecule has 0 aliphatic rings. The van der Waals surface area contributed by atoms with Gasteiger partial charge in [-0.3, -0.25) is 0 Å². The van der Waals surface area contributed by atoms with Crippen LogP contribution >= 0.6 is 0 Å². The first-order valence-electron chi connectivity index (χ1n) is 4.23. The normalized spacial score (nSPS) is 12.6. The molecule has 0 unspecified atom stereocenters. The standard InChI is InChI=1S/C7H11N3O4S2/c1-6-9-3-2-7(10-6)15(11,12)4-5-16(8,13)14/h2-3H,4-5H2,1H3,(H2,8,13,14). The molecule has 0 aliphatic carbocycles. The maximum Gasteiger partial charge on any atom is 0.210 e. The van der Waals surface area contributed by atoms with Crippen molar-refractivity contribution in [3.8, 4) is 0 Å². The Kier molecular flexibility index (Phi) is 3.61. The highest BCUT2D eigenvalue weighted by molar-refractivity contribution is 7.94. The number of sulfonamides is 1. The van der Waals surface area contributed by atoms with Crippen molar-refractivity contribution in [2.45, 2.75) is 11.9 Å². The first-order chi connectivity index (χ1) is 7.21. The Bertz CT molecular complexity index is 579. The summed E-state index contributed by atoms with van der Waals surface area (Å²) in [6.07, 6.45) is 1.30. The van der Waals surface area contributed by atoms with Gasteiger partial charge in [0.05, 0.1) is 11.5 Å². The summed E-state index contributed by atoms with van der Waals surface area (Å²) in [5, 5.41) is 4.53. The molecular weight excluding hydrogens is 254 g/mol. The van der Waals surface area contributed by atoms with E-state index < -0.39 is 31.4 Å². The van der Waals surface area contributed by atoms with Crippen LogP contribution in [-0.2, 0) is 19.9 Å². The van der Waals surface area contributed by atoms with Gasteiger partial charge in [-0.05, 0) is 13.0 Å². The van der Waals surface area contributed by atoms with Crippen molar-refractivity contribution in [1.29, 1.82) is 0 Å². The van der Waals surface area contributed by atoms with Crippen molar-refractivity contribution in [2.75, 3.05) is 11.5 Å². The van der Waals surface area contributed by atoms with Gasteiger partial charge in [0.15, 0.2) is 14.9 Å². The van der Waals surface area contributed by atoms with E-state index in [4.69, 9.17) is 5.14 Å². The molecule has 0 saturated carbocycles. The number of rotatable bonds is 4. The van der Waals surface area contributed by atoms with Crippen LogP contribution in [0.2, 0.25) is 0 Å². The van der Waals surface area contributed by atoms with E-state index in [1.165, 1.54) is 12.3 Å². The van der Waals surface area contributed by atoms with E-state index in [0.717, 1.165) is 0 Å². The number of nitrogens with two attached hydrogens (primary N) is 1. The molecule has 1 heterocycles. The largest absolute Gasteiger partial charge is 0.242 e. The summed E-state index contributed by atoms with van der Waals surface area (Å²) in [4.78, 5) is 7.45. The van der Waals surface area contributed by atoms with E-state index in [2.05, 4.69) is 9.97 Å². The van der Waals surface area contributed by atoms with E-state index in [1.54, 1.807) is 6.92 Å². The van der Waals surface area contributed by atoms with Crippen LogP contribution in [0.1, 0.15) is 5.82 Å². The number of aryl methyl sites for hydroxylation is 1. The summed E-state index contributed by atoms with van der Waals surface area (Å²) in [6.45, 7) is 1.54. The second-order valence-electron chi connectivity index (χ2n) is 3.13. The molecule has 0 fully saturated rings. The number of sulfone groups is 1. The Morgan fingerprint density at radius 2 is 1.88 bits per heavy atom. The minimum Gasteiger partial charge on any atom is -0.242 e. The van der Waals surface area contributed by atoms with Crippen LogP contribution < -0.4 is 5.14 Å². The molecule has 9 heteroatoms. The predicted octanol–water partition coefficient (Wildman–Crippen LogP) is -1.15. The van der Waals surface area contributed by atoms with Crippen LogP contribution in [-0.4, -0.2) is 38.3 Å². The number of aromatic nitrogens is 2. The van der Waals surface area contributed by atoms with Crippen LogP contribution in [0.3, 0.4) is 0 Å². The third-order valence-corrected chi connectivity index (χ3v) is 4.34. The highest BCUT2D eigenvalue weighted by atomic mass is 32.2. The number of primary sulfonamides is 1. The van der Waals surface area contributed by atoms with Gasteiger partial charge in [-0.2, -0.15) is 0 Å². The van der Waals surface area contributed by atoms with Crippen LogP contribution in [0.25, 0.3) is 0 Å². The molecule has 0 aromatic carbocycles. The minimum atomic E-state index is -3.80. The molecule has 90 valence electrons. The molecule has 0 spiro atoms. The topological polar surface area (TPSA) is 120 Å². The van der Waals surface area contributed by atoms with Gasteiger partial charge in [-0.1, -0.05) is 0 Å². The summed E-state index contributed by atoms with van der Waals surface area (Å²) in [5.41, 5.74) is 0. The fraction of sp³-hybridized carbons (Fsp3) is 0.429. The Morgan fingerprint density at radius 3 is 2.38 bits per heavy atom. The Morgan fingerprint density at radius 1 is 1.25 bits per heavy atom. The summed E-state index contributed by atoms with van der Waals surface area (Å²) in [5.74, 6) is -0.905. The number of nitrogens with zero attached hydrogens (tertiary/aromatic N) is 2. The van der Waals surface area contributed by atoms with Crippen molar-refractivity contribution in [3.05, 3.63) is 18.1 Å².